The summed E-state index contributed by atoms with van der Waals surface area (Å²) < 4.78 is 56.2. The van der Waals surface area contributed by atoms with Gasteiger partial charge in [0, 0.05) is 66.4 Å². The molecular weight excluding hydrogens is 546 g/mol. The van der Waals surface area contributed by atoms with Gasteiger partial charge in [-0.25, -0.2) is 23.6 Å². The first-order valence-corrected chi connectivity index (χ1v) is 12.6. The van der Waals surface area contributed by atoms with Gasteiger partial charge in [-0.1, -0.05) is 17.7 Å². The van der Waals surface area contributed by atoms with E-state index in [1.165, 1.54) is 42.5 Å². The number of hydrogen-bond donors (Lipinski definition) is 2. The zero-order valence-corrected chi connectivity index (χ0v) is 21.9. The Kier molecular flexibility index (Phi) is 8.07. The minimum absolute atomic E-state index is 0.0358. The fraction of sp³-hybridized carbons (Fsp3) is 0.333. The number of nitrogens with zero attached hydrogens (tertiary/aromatic N) is 5. The number of rotatable bonds is 7. The summed E-state index contributed by atoms with van der Waals surface area (Å²) in [6.45, 7) is -3.54. The number of carbonyl (C=O) groups excluding carboxylic acids is 1. The Hall–Kier alpha value is -3.45. The number of nitrogens with one attached hydrogen (secondary N) is 1. The number of carbonyl (C=O) groups is 1. The van der Waals surface area contributed by atoms with Crippen LogP contribution in [0, 0.1) is 5.82 Å². The van der Waals surface area contributed by atoms with Crippen LogP contribution in [0.15, 0.2) is 62.8 Å². The minimum atomic E-state index is -3.01. The third kappa shape index (κ3) is 5.68. The number of allylic oxidation sites excluding steroid dienone is 1. The van der Waals surface area contributed by atoms with E-state index >= 15 is 4.39 Å². The van der Waals surface area contributed by atoms with Crippen LogP contribution in [-0.2, 0) is 0 Å². The summed E-state index contributed by atoms with van der Waals surface area (Å²) in [5.74, 6) is -0.256. The van der Waals surface area contributed by atoms with Gasteiger partial charge >= 0.3 is 12.6 Å². The molecule has 1 aromatic carbocycles. The molecule has 2 amide bonds. The lowest BCUT2D eigenvalue weighted by Gasteiger charge is -2.33. The smallest absolute Gasteiger partial charge is 0.331 e. The van der Waals surface area contributed by atoms with E-state index in [9.17, 15) is 18.0 Å². The molecular formula is C24H24ClF4N7OS. The van der Waals surface area contributed by atoms with Gasteiger partial charge in [0.2, 0.25) is 0 Å². The molecule has 8 nitrogen and oxygen atoms in total. The zero-order chi connectivity index (χ0) is 27.6. The SMILES string of the molecule is CN(C)C(=O)NCC1(F)CC2=C(C(C=NC(F)F)=CN)[C@H](c3ccc(F)cc3Cl)N=C(c3nccs3)N2C1. The standard InChI is InChI=1S/C24H24ClF4N7OS/c1-35(2)23(37)33-11-24(29)8-17-18(13(9-30)10-32-22(27)28)19(15-4-3-14(26)7-16(15)25)34-20(36(17)12-24)21-31-5-6-38-21/h3-7,9-10,19,22H,8,11-12,30H2,1-2H3,(H,33,37)/t19-,24?/m0/s1. The Morgan fingerprint density at radius 1 is 1.45 bits per heavy atom. The van der Waals surface area contributed by atoms with E-state index in [1.807, 2.05) is 0 Å². The number of halogens is 5. The Morgan fingerprint density at radius 2 is 2.21 bits per heavy atom. The van der Waals surface area contributed by atoms with E-state index < -0.39 is 30.1 Å². The summed E-state index contributed by atoms with van der Waals surface area (Å²) in [6.07, 6.45) is 3.33. The van der Waals surface area contributed by atoms with Crippen molar-refractivity contribution in [3.63, 3.8) is 0 Å². The topological polar surface area (TPSA) is 99.2 Å². The monoisotopic (exact) mass is 569 g/mol. The molecule has 0 spiro atoms. The molecule has 14 heteroatoms. The number of amidine groups is 1. The predicted octanol–water partition coefficient (Wildman–Crippen LogP) is 4.51. The van der Waals surface area contributed by atoms with E-state index in [-0.39, 0.29) is 35.7 Å². The van der Waals surface area contributed by atoms with Gasteiger partial charge in [0.25, 0.3) is 0 Å². The van der Waals surface area contributed by atoms with Crippen LogP contribution >= 0.6 is 22.9 Å². The van der Waals surface area contributed by atoms with Gasteiger partial charge in [0.15, 0.2) is 16.5 Å². The Morgan fingerprint density at radius 3 is 2.82 bits per heavy atom. The molecule has 1 unspecified atom stereocenters. The first-order chi connectivity index (χ1) is 18.0. The number of amides is 2. The Bertz CT molecular complexity index is 1330. The van der Waals surface area contributed by atoms with Gasteiger partial charge in [0.1, 0.15) is 11.9 Å². The number of thiazole rings is 1. The van der Waals surface area contributed by atoms with Crippen LogP contribution in [0.1, 0.15) is 23.0 Å². The van der Waals surface area contributed by atoms with Crippen molar-refractivity contribution in [2.24, 2.45) is 15.7 Å². The first-order valence-electron chi connectivity index (χ1n) is 11.3. The van der Waals surface area contributed by atoms with Crippen LogP contribution in [0.25, 0.3) is 0 Å². The molecule has 0 aliphatic carbocycles. The lowest BCUT2D eigenvalue weighted by molar-refractivity contribution is 0.160. The second kappa shape index (κ2) is 11.1. The van der Waals surface area contributed by atoms with E-state index in [0.29, 0.717) is 22.1 Å². The van der Waals surface area contributed by atoms with E-state index in [1.54, 1.807) is 16.5 Å². The molecule has 1 aromatic heterocycles. The van der Waals surface area contributed by atoms with Gasteiger partial charge in [-0.05, 0) is 17.7 Å². The molecule has 2 atom stereocenters. The highest BCUT2D eigenvalue weighted by Crippen LogP contribution is 2.47. The van der Waals surface area contributed by atoms with Crippen LogP contribution in [0.5, 0.6) is 0 Å². The average Bonchev–Trinajstić information content (AvgIpc) is 3.51. The number of urea groups is 1. The van der Waals surface area contributed by atoms with Gasteiger partial charge < -0.3 is 20.9 Å². The van der Waals surface area contributed by atoms with Crippen molar-refractivity contribution >= 4 is 41.0 Å². The number of benzene rings is 1. The Balaban J connectivity index is 1.90. The highest BCUT2D eigenvalue weighted by atomic mass is 35.5. The van der Waals surface area contributed by atoms with Crippen molar-refractivity contribution in [3.05, 3.63) is 74.2 Å². The lowest BCUT2D eigenvalue weighted by Crippen LogP contribution is -2.45. The van der Waals surface area contributed by atoms with Crippen molar-refractivity contribution < 1.29 is 22.4 Å². The number of hydrogen-bond acceptors (Lipinski definition) is 7. The summed E-state index contributed by atoms with van der Waals surface area (Å²) in [4.78, 5) is 27.3. The molecule has 1 fully saturated rings. The molecule has 1 saturated heterocycles. The maximum absolute atomic E-state index is 16.3. The van der Waals surface area contributed by atoms with Crippen molar-refractivity contribution in [1.29, 1.82) is 0 Å². The number of fused-ring (bicyclic) bond motifs is 1. The van der Waals surface area contributed by atoms with Crippen molar-refractivity contribution in [2.75, 3.05) is 27.2 Å². The quantitative estimate of drug-likeness (QED) is 0.291. The number of aromatic nitrogens is 1. The maximum atomic E-state index is 16.3. The fourth-order valence-electron chi connectivity index (χ4n) is 4.31. The Labute approximate surface area is 225 Å². The molecule has 0 bridgehead atoms. The van der Waals surface area contributed by atoms with Gasteiger partial charge in [-0.2, -0.15) is 8.78 Å². The summed E-state index contributed by atoms with van der Waals surface area (Å²) in [5.41, 5.74) is 4.98. The largest absolute Gasteiger partial charge is 0.404 e. The molecule has 202 valence electrons. The van der Waals surface area contributed by atoms with E-state index in [0.717, 1.165) is 18.5 Å². The van der Waals surface area contributed by atoms with Crippen LogP contribution in [0.2, 0.25) is 5.02 Å². The molecule has 4 rings (SSSR count). The molecule has 0 radical (unpaired) electrons. The number of nitrogens with two attached hydrogens (primary N) is 1. The molecule has 38 heavy (non-hydrogen) atoms. The van der Waals surface area contributed by atoms with Gasteiger partial charge in [-0.15, -0.1) is 11.3 Å². The van der Waals surface area contributed by atoms with Crippen molar-refractivity contribution in [2.45, 2.75) is 24.7 Å². The van der Waals surface area contributed by atoms with Gasteiger partial charge in [0.05, 0.1) is 13.1 Å². The second-order valence-corrected chi connectivity index (χ2v) is 10.2. The summed E-state index contributed by atoms with van der Waals surface area (Å²) >= 11 is 7.67. The minimum Gasteiger partial charge on any atom is -0.404 e. The number of aliphatic imine (C=N–C) groups is 2. The normalized spacial score (nSPS) is 21.8. The van der Waals surface area contributed by atoms with Crippen LogP contribution in [0.4, 0.5) is 22.4 Å². The van der Waals surface area contributed by atoms with Gasteiger partial charge in [-0.3, -0.25) is 4.99 Å². The van der Waals surface area contributed by atoms with Crippen molar-refractivity contribution in [1.82, 2.24) is 20.1 Å². The molecule has 3 heterocycles. The number of alkyl halides is 3. The molecule has 2 aliphatic rings. The van der Waals surface area contributed by atoms with Crippen molar-refractivity contribution in [3.8, 4) is 0 Å². The van der Waals surface area contributed by atoms with Crippen LogP contribution in [-0.4, -0.2) is 72.3 Å². The molecule has 2 aromatic rings. The van der Waals surface area contributed by atoms with Crippen LogP contribution < -0.4 is 11.1 Å². The third-order valence-corrected chi connectivity index (χ3v) is 7.10. The highest BCUT2D eigenvalue weighted by molar-refractivity contribution is 7.11. The first kappa shape index (κ1) is 27.6. The molecule has 2 aliphatic heterocycles. The summed E-state index contributed by atoms with van der Waals surface area (Å²) in [5, 5.41) is 4.81. The molecule has 3 N–H and O–H groups in total. The van der Waals surface area contributed by atoms with E-state index in [2.05, 4.69) is 15.3 Å². The second-order valence-electron chi connectivity index (χ2n) is 8.86. The zero-order valence-electron chi connectivity index (χ0n) is 20.3. The summed E-state index contributed by atoms with van der Waals surface area (Å²) in [6, 6.07) is 2.28. The third-order valence-electron chi connectivity index (χ3n) is 6.00. The average molecular weight is 570 g/mol. The van der Waals surface area contributed by atoms with Crippen LogP contribution in [0.3, 0.4) is 0 Å². The fourth-order valence-corrected chi connectivity index (χ4v) is 5.23. The summed E-state index contributed by atoms with van der Waals surface area (Å²) in [7, 11) is 3.06. The maximum Gasteiger partial charge on any atom is 0.331 e. The van der Waals surface area contributed by atoms with E-state index in [4.69, 9.17) is 22.3 Å². The lowest BCUT2D eigenvalue weighted by atomic mass is 9.89. The predicted molar refractivity (Wildman–Crippen MR) is 139 cm³/mol. The molecule has 0 saturated carbocycles. The highest BCUT2D eigenvalue weighted by Gasteiger charge is 2.48.